The van der Waals surface area contributed by atoms with E-state index in [-0.39, 0.29) is 19.0 Å². The number of carbonyl (C=O) groups is 1. The lowest BCUT2D eigenvalue weighted by Gasteiger charge is -2.10. The largest absolute Gasteiger partial charge is 0.488 e. The van der Waals surface area contributed by atoms with Gasteiger partial charge in [0.1, 0.15) is 12.4 Å². The molecule has 0 atom stereocenters. The maximum absolute atomic E-state index is 13.4. The van der Waals surface area contributed by atoms with Gasteiger partial charge in [0, 0.05) is 16.0 Å². The van der Waals surface area contributed by atoms with Gasteiger partial charge in [-0.1, -0.05) is 17.7 Å². The van der Waals surface area contributed by atoms with Crippen LogP contribution in [0.4, 0.5) is 13.9 Å². The first-order chi connectivity index (χ1) is 14.9. The van der Waals surface area contributed by atoms with Gasteiger partial charge in [-0.05, 0) is 42.8 Å². The van der Waals surface area contributed by atoms with Crippen molar-refractivity contribution in [1.82, 2.24) is 4.98 Å². The molecule has 0 amide bonds. The fourth-order valence-corrected chi connectivity index (χ4v) is 3.34. The molecule has 0 saturated carbocycles. The lowest BCUT2D eigenvalue weighted by molar-refractivity contribution is -0.142. The zero-order valence-corrected chi connectivity index (χ0v) is 18.0. The Morgan fingerprint density at radius 1 is 1.26 bits per heavy atom. The van der Waals surface area contributed by atoms with Crippen LogP contribution in [0.25, 0.3) is 0 Å². The van der Waals surface area contributed by atoms with E-state index in [9.17, 15) is 13.6 Å². The first-order valence-electron chi connectivity index (χ1n) is 9.20. The molecule has 1 heterocycles. The molecule has 1 aromatic heterocycles. The monoisotopic (exact) mass is 465 g/mol. The second-order valence-electron chi connectivity index (χ2n) is 6.22. The highest BCUT2D eigenvalue weighted by Gasteiger charge is 2.09. The number of hydrogen-bond acceptors (Lipinski definition) is 7. The average molecular weight is 466 g/mol. The Kier molecular flexibility index (Phi) is 7.91. The van der Waals surface area contributed by atoms with Crippen LogP contribution in [0.1, 0.15) is 23.7 Å². The minimum Gasteiger partial charge on any atom is -0.488 e. The van der Waals surface area contributed by atoms with E-state index in [4.69, 9.17) is 21.1 Å². The lowest BCUT2D eigenvalue weighted by atomic mass is 10.2. The number of ether oxygens (including phenoxy) is 2. The summed E-state index contributed by atoms with van der Waals surface area (Å²) in [5, 5.41) is 6.85. The van der Waals surface area contributed by atoms with Crippen LogP contribution in [0.15, 0.2) is 46.9 Å². The molecule has 0 fully saturated rings. The highest BCUT2D eigenvalue weighted by Crippen LogP contribution is 2.23. The highest BCUT2D eigenvalue weighted by atomic mass is 35.5. The second kappa shape index (κ2) is 10.8. The van der Waals surface area contributed by atoms with E-state index in [1.54, 1.807) is 30.5 Å². The van der Waals surface area contributed by atoms with Crippen molar-refractivity contribution >= 4 is 40.3 Å². The van der Waals surface area contributed by atoms with Crippen molar-refractivity contribution in [3.8, 4) is 5.75 Å². The average Bonchev–Trinajstić information content (AvgIpc) is 3.17. The van der Waals surface area contributed by atoms with Crippen LogP contribution in [0.2, 0.25) is 5.02 Å². The van der Waals surface area contributed by atoms with Gasteiger partial charge in [-0.15, -0.1) is 11.3 Å². The summed E-state index contributed by atoms with van der Waals surface area (Å²) < 4.78 is 37.0. The second-order valence-corrected chi connectivity index (χ2v) is 7.51. The summed E-state index contributed by atoms with van der Waals surface area (Å²) in [5.41, 5.74) is 4.42. The van der Waals surface area contributed by atoms with Crippen LogP contribution < -0.4 is 10.2 Å². The molecular formula is C21H18ClF2N3O3S. The summed E-state index contributed by atoms with van der Waals surface area (Å²) in [6, 6.07) is 8.53. The van der Waals surface area contributed by atoms with Crippen molar-refractivity contribution in [2.24, 2.45) is 5.10 Å². The summed E-state index contributed by atoms with van der Waals surface area (Å²) in [5.74, 6) is -1.73. The lowest BCUT2D eigenvalue weighted by Crippen LogP contribution is -2.07. The van der Waals surface area contributed by atoms with Gasteiger partial charge in [-0.2, -0.15) is 5.10 Å². The SMILES string of the molecule is CCOC(=O)Cc1csc(NN=Cc2cc(Cl)ccc2OCc2ccc(F)c(F)c2)n1. The van der Waals surface area contributed by atoms with Crippen molar-refractivity contribution in [2.75, 3.05) is 12.0 Å². The summed E-state index contributed by atoms with van der Waals surface area (Å²) in [7, 11) is 0. The zero-order chi connectivity index (χ0) is 22.2. The number of aromatic nitrogens is 1. The van der Waals surface area contributed by atoms with E-state index in [2.05, 4.69) is 15.5 Å². The maximum Gasteiger partial charge on any atom is 0.311 e. The molecule has 1 N–H and O–H groups in total. The molecule has 3 aromatic rings. The van der Waals surface area contributed by atoms with E-state index < -0.39 is 11.6 Å². The number of esters is 1. The van der Waals surface area contributed by atoms with Crippen LogP contribution in [-0.4, -0.2) is 23.8 Å². The summed E-state index contributed by atoms with van der Waals surface area (Å²) in [4.78, 5) is 15.8. The molecule has 0 bridgehead atoms. The summed E-state index contributed by atoms with van der Waals surface area (Å²) in [6.45, 7) is 2.10. The van der Waals surface area contributed by atoms with Crippen LogP contribution in [-0.2, 0) is 22.6 Å². The number of thiazole rings is 1. The predicted molar refractivity (Wildman–Crippen MR) is 116 cm³/mol. The first-order valence-corrected chi connectivity index (χ1v) is 10.5. The number of hydrogen-bond donors (Lipinski definition) is 1. The Hall–Kier alpha value is -3.04. The van der Waals surface area contributed by atoms with Gasteiger partial charge in [0.2, 0.25) is 5.13 Å². The number of halogens is 3. The molecule has 0 radical (unpaired) electrons. The Morgan fingerprint density at radius 2 is 2.10 bits per heavy atom. The third-order valence-corrected chi connectivity index (χ3v) is 4.93. The number of nitrogens with one attached hydrogen (secondary N) is 1. The molecule has 0 saturated heterocycles. The molecule has 0 spiro atoms. The predicted octanol–water partition coefficient (Wildman–Crippen LogP) is 5.21. The molecule has 0 aliphatic heterocycles. The van der Waals surface area contributed by atoms with Gasteiger partial charge < -0.3 is 9.47 Å². The molecule has 0 aliphatic carbocycles. The van der Waals surface area contributed by atoms with E-state index >= 15 is 0 Å². The third kappa shape index (κ3) is 6.73. The molecular weight excluding hydrogens is 448 g/mol. The molecule has 3 rings (SSSR count). The summed E-state index contributed by atoms with van der Waals surface area (Å²) in [6.07, 6.45) is 1.59. The van der Waals surface area contributed by atoms with Crippen LogP contribution in [0, 0.1) is 11.6 Å². The van der Waals surface area contributed by atoms with Crippen LogP contribution in [0.3, 0.4) is 0 Å². The molecule has 2 aromatic carbocycles. The maximum atomic E-state index is 13.4. The molecule has 0 unspecified atom stereocenters. The topological polar surface area (TPSA) is 72.8 Å². The Balaban J connectivity index is 1.63. The van der Waals surface area contributed by atoms with E-state index in [1.807, 2.05) is 0 Å². The Morgan fingerprint density at radius 3 is 2.87 bits per heavy atom. The number of carbonyl (C=O) groups excluding carboxylic acids is 1. The molecule has 31 heavy (non-hydrogen) atoms. The minimum absolute atomic E-state index is 0.0385. The Bertz CT molecular complexity index is 1090. The zero-order valence-electron chi connectivity index (χ0n) is 16.4. The van der Waals surface area contributed by atoms with Gasteiger partial charge in [-0.25, -0.2) is 13.8 Å². The van der Waals surface area contributed by atoms with Gasteiger partial charge in [0.05, 0.1) is 24.9 Å². The standard InChI is InChI=1S/C21H18ClF2N3O3S/c1-2-29-20(28)9-16-12-31-21(26-16)27-25-10-14-8-15(22)4-6-19(14)30-11-13-3-5-17(23)18(24)7-13/h3-8,10,12H,2,9,11H2,1H3,(H,26,27). The van der Waals surface area contributed by atoms with Gasteiger partial charge >= 0.3 is 5.97 Å². The summed E-state index contributed by atoms with van der Waals surface area (Å²) >= 11 is 7.36. The van der Waals surface area contributed by atoms with E-state index in [0.717, 1.165) is 12.1 Å². The van der Waals surface area contributed by atoms with Crippen molar-refractivity contribution in [1.29, 1.82) is 0 Å². The minimum atomic E-state index is -0.936. The number of anilines is 1. The van der Waals surface area contributed by atoms with Crippen LogP contribution in [0.5, 0.6) is 5.75 Å². The third-order valence-electron chi connectivity index (χ3n) is 3.90. The fraction of sp³-hybridized carbons (Fsp3) is 0.190. The normalized spacial score (nSPS) is 11.0. The smallest absolute Gasteiger partial charge is 0.311 e. The number of hydrazone groups is 1. The quantitative estimate of drug-likeness (QED) is 0.267. The first kappa shape index (κ1) is 22.6. The number of rotatable bonds is 9. The fourth-order valence-electron chi connectivity index (χ4n) is 2.50. The van der Waals surface area contributed by atoms with E-state index in [0.29, 0.717) is 39.3 Å². The van der Waals surface area contributed by atoms with Gasteiger partial charge in [0.15, 0.2) is 11.6 Å². The van der Waals surface area contributed by atoms with Crippen molar-refractivity contribution in [3.63, 3.8) is 0 Å². The van der Waals surface area contributed by atoms with E-state index in [1.165, 1.54) is 23.6 Å². The van der Waals surface area contributed by atoms with Crippen LogP contribution >= 0.6 is 22.9 Å². The van der Waals surface area contributed by atoms with Crippen molar-refractivity contribution in [3.05, 3.63) is 75.3 Å². The van der Waals surface area contributed by atoms with Crippen molar-refractivity contribution in [2.45, 2.75) is 20.0 Å². The highest BCUT2D eigenvalue weighted by molar-refractivity contribution is 7.13. The van der Waals surface area contributed by atoms with Crippen molar-refractivity contribution < 1.29 is 23.0 Å². The van der Waals surface area contributed by atoms with Gasteiger partial charge in [0.25, 0.3) is 0 Å². The molecule has 6 nitrogen and oxygen atoms in total. The number of nitrogens with zero attached hydrogens (tertiary/aromatic N) is 2. The molecule has 10 heteroatoms. The molecule has 162 valence electrons. The Labute approximate surface area is 186 Å². The number of benzene rings is 2. The molecule has 0 aliphatic rings. The van der Waals surface area contributed by atoms with Gasteiger partial charge in [-0.3, -0.25) is 10.2 Å².